The number of likely N-dealkylation sites (tertiary alicyclic amines) is 2. The Kier molecular flexibility index (Phi) is 13.1. The summed E-state index contributed by atoms with van der Waals surface area (Å²) in [5.41, 5.74) is 9.69. The first-order valence-electron chi connectivity index (χ1n) is 16.2. The number of hydrogen-bond acceptors (Lipinski definition) is 7. The lowest BCUT2D eigenvalue weighted by molar-refractivity contribution is -0.885. The summed E-state index contributed by atoms with van der Waals surface area (Å²) >= 11 is 0. The number of para-hydroxylation sites is 1. The van der Waals surface area contributed by atoms with Gasteiger partial charge in [0, 0.05) is 43.5 Å². The van der Waals surface area contributed by atoms with Crippen LogP contribution in [0.1, 0.15) is 41.6 Å². The van der Waals surface area contributed by atoms with Gasteiger partial charge in [-0.25, -0.2) is 4.79 Å². The molecule has 2 aliphatic heterocycles. The first-order valence-corrected chi connectivity index (χ1v) is 16.2. The number of hydroxylamine groups is 3. The Labute approximate surface area is 281 Å². The minimum absolute atomic E-state index is 0.0346. The standard InChI is InChI=1S/C35H43N5O5.CH2O2/c1-38(34(42)29-13-11-26(12-14-29)25-39-19-15-28(16-20-39)33(36)41)21-24-40(44)22-17-30(18-23-40)45-35(43)37-32-10-6-5-9-31(32)27-7-3-2-4-8-27;2-1-3/h2-14,28,30H,15-25H2,1H3,(H2,36,41)(H,37,43);1H,(H,2,3). The summed E-state index contributed by atoms with van der Waals surface area (Å²) in [5.74, 6) is -0.375. The Hall–Kier alpha value is -4.78. The van der Waals surface area contributed by atoms with Crippen LogP contribution in [0.15, 0.2) is 78.9 Å². The first-order chi connectivity index (χ1) is 23.1. The van der Waals surface area contributed by atoms with E-state index in [1.54, 1.807) is 11.9 Å². The molecule has 0 aliphatic carbocycles. The number of nitrogens with zero attached hydrogens (tertiary/aromatic N) is 3. The van der Waals surface area contributed by atoms with Crippen molar-refractivity contribution < 1.29 is 33.7 Å². The van der Waals surface area contributed by atoms with Gasteiger partial charge in [-0.1, -0.05) is 60.7 Å². The Morgan fingerprint density at radius 3 is 2.21 bits per heavy atom. The normalized spacial score (nSPS) is 19.7. The molecular formula is C36H45N5O7. The number of carbonyl (C=O) groups excluding carboxylic acids is 3. The van der Waals surface area contributed by atoms with Crippen molar-refractivity contribution in [3.8, 4) is 11.1 Å². The van der Waals surface area contributed by atoms with E-state index in [1.807, 2.05) is 78.9 Å². The highest BCUT2D eigenvalue weighted by molar-refractivity contribution is 5.94. The Balaban J connectivity index is 0.00000167. The summed E-state index contributed by atoms with van der Waals surface area (Å²) in [6.07, 6.45) is 1.64. The highest BCUT2D eigenvalue weighted by Crippen LogP contribution is 2.28. The van der Waals surface area contributed by atoms with Gasteiger partial charge >= 0.3 is 6.09 Å². The topological polar surface area (TPSA) is 165 Å². The van der Waals surface area contributed by atoms with E-state index in [4.69, 9.17) is 20.4 Å². The molecule has 256 valence electrons. The summed E-state index contributed by atoms with van der Waals surface area (Å²) < 4.78 is 5.27. The van der Waals surface area contributed by atoms with Crippen molar-refractivity contribution in [2.24, 2.45) is 11.7 Å². The summed E-state index contributed by atoms with van der Waals surface area (Å²) in [6.45, 7) is 3.44. The molecule has 2 fully saturated rings. The zero-order valence-corrected chi connectivity index (χ0v) is 27.3. The number of carboxylic acid groups (broad SMARTS) is 1. The lowest BCUT2D eigenvalue weighted by Gasteiger charge is -2.47. The number of quaternary nitrogens is 1. The molecule has 2 aliphatic rings. The number of amides is 3. The summed E-state index contributed by atoms with van der Waals surface area (Å²) in [6, 6.07) is 25.0. The molecule has 3 aromatic carbocycles. The van der Waals surface area contributed by atoms with E-state index in [1.165, 1.54) is 0 Å². The molecule has 2 heterocycles. The van der Waals surface area contributed by atoms with E-state index in [0.717, 1.165) is 49.2 Å². The second kappa shape index (κ2) is 17.4. The number of rotatable bonds is 10. The molecule has 0 atom stereocenters. The van der Waals surface area contributed by atoms with Gasteiger partial charge in [-0.05, 0) is 55.3 Å². The Morgan fingerprint density at radius 2 is 1.58 bits per heavy atom. The van der Waals surface area contributed by atoms with Crippen molar-refractivity contribution in [3.63, 3.8) is 0 Å². The fraction of sp³-hybridized carbons (Fsp3) is 0.389. The molecule has 3 amide bonds. The van der Waals surface area contributed by atoms with Gasteiger partial charge < -0.3 is 30.3 Å². The van der Waals surface area contributed by atoms with E-state index in [0.29, 0.717) is 43.7 Å². The second-order valence-electron chi connectivity index (χ2n) is 12.4. The summed E-state index contributed by atoms with van der Waals surface area (Å²) in [5, 5.41) is 23.2. The number of hydrogen-bond donors (Lipinski definition) is 3. The van der Waals surface area contributed by atoms with Crippen LogP contribution in [-0.2, 0) is 20.9 Å². The smallest absolute Gasteiger partial charge is 0.411 e. The summed E-state index contributed by atoms with van der Waals surface area (Å²) in [4.78, 5) is 49.4. The van der Waals surface area contributed by atoms with Crippen LogP contribution < -0.4 is 11.1 Å². The molecule has 0 radical (unpaired) electrons. The molecule has 12 nitrogen and oxygen atoms in total. The van der Waals surface area contributed by atoms with Crippen molar-refractivity contribution in [2.45, 2.75) is 38.3 Å². The highest BCUT2D eigenvalue weighted by atomic mass is 16.6. The maximum absolute atomic E-state index is 13.4. The number of anilines is 1. The zero-order chi connectivity index (χ0) is 34.5. The van der Waals surface area contributed by atoms with Gasteiger partial charge in [-0.3, -0.25) is 24.6 Å². The third-order valence-electron chi connectivity index (χ3n) is 9.03. The molecule has 0 saturated carbocycles. The van der Waals surface area contributed by atoms with Gasteiger partial charge in [0.1, 0.15) is 6.10 Å². The minimum atomic E-state index is -0.529. The minimum Gasteiger partial charge on any atom is -0.633 e. The molecule has 48 heavy (non-hydrogen) atoms. The number of benzene rings is 3. The van der Waals surface area contributed by atoms with E-state index >= 15 is 0 Å². The lowest BCUT2D eigenvalue weighted by atomic mass is 9.96. The number of likely N-dealkylation sites (N-methyl/N-ethyl adjacent to an activating group) is 1. The quantitative estimate of drug-likeness (QED) is 0.162. The van der Waals surface area contributed by atoms with Gasteiger partial charge in [0.25, 0.3) is 12.4 Å². The molecule has 0 unspecified atom stereocenters. The molecule has 5 rings (SSSR count). The molecule has 2 saturated heterocycles. The number of ether oxygens (including phenoxy) is 1. The molecule has 0 spiro atoms. The van der Waals surface area contributed by atoms with Crippen LogP contribution in [0.5, 0.6) is 0 Å². The Bertz CT molecular complexity index is 1500. The first kappa shape index (κ1) is 36.1. The van der Waals surface area contributed by atoms with Crippen LogP contribution >= 0.6 is 0 Å². The fourth-order valence-corrected chi connectivity index (χ4v) is 6.15. The van der Waals surface area contributed by atoms with Gasteiger partial charge in [0.05, 0.1) is 31.9 Å². The van der Waals surface area contributed by atoms with E-state index in [9.17, 15) is 19.6 Å². The van der Waals surface area contributed by atoms with Gasteiger partial charge in [0.15, 0.2) is 0 Å². The van der Waals surface area contributed by atoms with Crippen LogP contribution in [0.25, 0.3) is 11.1 Å². The predicted octanol–water partition coefficient (Wildman–Crippen LogP) is 4.55. The van der Waals surface area contributed by atoms with Gasteiger partial charge in [-0.15, -0.1) is 0 Å². The molecule has 0 bridgehead atoms. The highest BCUT2D eigenvalue weighted by Gasteiger charge is 2.30. The maximum Gasteiger partial charge on any atom is 0.411 e. The maximum atomic E-state index is 13.4. The zero-order valence-electron chi connectivity index (χ0n) is 27.3. The van der Waals surface area contributed by atoms with Crippen molar-refractivity contribution in [1.82, 2.24) is 9.80 Å². The van der Waals surface area contributed by atoms with Crippen molar-refractivity contribution in [3.05, 3.63) is 95.2 Å². The van der Waals surface area contributed by atoms with Gasteiger partial charge in [0.2, 0.25) is 5.91 Å². The number of piperidine rings is 2. The largest absolute Gasteiger partial charge is 0.633 e. The monoisotopic (exact) mass is 659 g/mol. The average Bonchev–Trinajstić information content (AvgIpc) is 3.09. The van der Waals surface area contributed by atoms with Gasteiger partial charge in [-0.2, -0.15) is 0 Å². The van der Waals surface area contributed by atoms with Crippen LogP contribution in [0, 0.1) is 11.1 Å². The number of nitrogens with two attached hydrogens (primary N) is 1. The van der Waals surface area contributed by atoms with Crippen molar-refractivity contribution in [2.75, 3.05) is 51.6 Å². The predicted molar refractivity (Wildman–Crippen MR) is 183 cm³/mol. The Morgan fingerprint density at radius 1 is 0.979 bits per heavy atom. The third kappa shape index (κ3) is 10.4. The molecule has 12 heteroatoms. The molecular weight excluding hydrogens is 614 g/mol. The SMILES string of the molecule is CN(CC[N+]1([O-])CCC(OC(=O)Nc2ccccc2-c2ccccc2)CC1)C(=O)c1ccc(CN2CCC(C(N)=O)CC2)cc1.O=CO. The molecule has 0 aromatic heterocycles. The second-order valence-corrected chi connectivity index (χ2v) is 12.4. The van der Waals surface area contributed by atoms with E-state index < -0.39 is 10.7 Å². The summed E-state index contributed by atoms with van der Waals surface area (Å²) in [7, 11) is 1.72. The van der Waals surface area contributed by atoms with Crippen LogP contribution in [0.2, 0.25) is 0 Å². The third-order valence-corrected chi connectivity index (χ3v) is 9.03. The van der Waals surface area contributed by atoms with Crippen LogP contribution in [0.4, 0.5) is 10.5 Å². The number of primary amides is 1. The van der Waals surface area contributed by atoms with Crippen molar-refractivity contribution >= 4 is 30.1 Å². The van der Waals surface area contributed by atoms with E-state index in [2.05, 4.69) is 10.2 Å². The molecule has 4 N–H and O–H groups in total. The number of carbonyl (C=O) groups is 4. The van der Waals surface area contributed by atoms with Crippen molar-refractivity contribution in [1.29, 1.82) is 0 Å². The van der Waals surface area contributed by atoms with E-state index in [-0.39, 0.29) is 36.9 Å². The fourth-order valence-electron chi connectivity index (χ4n) is 6.15. The lowest BCUT2D eigenvalue weighted by Crippen LogP contribution is -2.53. The number of nitrogens with one attached hydrogen (secondary N) is 1. The molecule has 3 aromatic rings. The average molecular weight is 660 g/mol. The van der Waals surface area contributed by atoms with Crippen LogP contribution in [-0.4, -0.2) is 96.4 Å². The van der Waals surface area contributed by atoms with Crippen LogP contribution in [0.3, 0.4) is 0 Å².